The summed E-state index contributed by atoms with van der Waals surface area (Å²) in [6, 6.07) is 2.32. The Balaban J connectivity index is 2.46. The average Bonchev–Trinajstić information content (AvgIpc) is 2.38. The van der Waals surface area contributed by atoms with Crippen LogP contribution in [-0.2, 0) is 10.0 Å². The van der Waals surface area contributed by atoms with Crippen molar-refractivity contribution in [3.05, 3.63) is 34.1 Å². The molecule has 1 atom stereocenters. The first kappa shape index (κ1) is 14.8. The number of β-amino-alcohol motifs (C(OH)–C–C–N with tert-alkyl or cyclic N) is 1. The molecule has 1 aliphatic rings. The maximum Gasteiger partial charge on any atom is 0.292 e. The van der Waals surface area contributed by atoms with Crippen LogP contribution in [0.15, 0.2) is 23.1 Å². The molecule has 9 heteroatoms. The topological polar surface area (TPSA) is 101 Å². The number of nitro groups is 1. The fraction of sp³-hybridized carbons (Fsp3) is 0.455. The Labute approximate surface area is 114 Å². The first-order valence-corrected chi connectivity index (χ1v) is 7.38. The van der Waals surface area contributed by atoms with Crippen molar-refractivity contribution in [2.24, 2.45) is 0 Å². The van der Waals surface area contributed by atoms with Crippen LogP contribution >= 0.6 is 0 Å². The maximum absolute atomic E-state index is 13.0. The van der Waals surface area contributed by atoms with Crippen LogP contribution in [0, 0.1) is 15.9 Å². The van der Waals surface area contributed by atoms with E-state index < -0.39 is 37.5 Å². The number of aliphatic hydroxyl groups is 1. The molecule has 1 aliphatic heterocycles. The number of halogens is 1. The molecule has 0 radical (unpaired) electrons. The lowest BCUT2D eigenvalue weighted by Gasteiger charge is -2.29. The maximum atomic E-state index is 13.0. The summed E-state index contributed by atoms with van der Waals surface area (Å²) in [6.45, 7) is 0.0603. The van der Waals surface area contributed by atoms with E-state index >= 15 is 0 Å². The SMILES string of the molecule is O=[N+]([O-])c1cc(F)ccc1S(=O)(=O)N1CCCC(O)C1. The second kappa shape index (κ2) is 5.43. The van der Waals surface area contributed by atoms with Crippen molar-refractivity contribution < 1.29 is 22.8 Å². The molecule has 0 bridgehead atoms. The number of aliphatic hydroxyl groups excluding tert-OH is 1. The number of rotatable bonds is 3. The highest BCUT2D eigenvalue weighted by molar-refractivity contribution is 7.89. The summed E-state index contributed by atoms with van der Waals surface area (Å²) in [4.78, 5) is 9.38. The number of nitrogens with zero attached hydrogens (tertiary/aromatic N) is 2. The lowest BCUT2D eigenvalue weighted by atomic mass is 10.1. The second-order valence-electron chi connectivity index (χ2n) is 4.53. The predicted octanol–water partition coefficient (Wildman–Crippen LogP) is 0.879. The van der Waals surface area contributed by atoms with Crippen molar-refractivity contribution in [1.29, 1.82) is 0 Å². The van der Waals surface area contributed by atoms with Gasteiger partial charge in [0.1, 0.15) is 5.82 Å². The van der Waals surface area contributed by atoms with Gasteiger partial charge in [-0.2, -0.15) is 4.31 Å². The zero-order valence-corrected chi connectivity index (χ0v) is 11.2. The van der Waals surface area contributed by atoms with E-state index in [-0.39, 0.29) is 13.1 Å². The van der Waals surface area contributed by atoms with Crippen LogP contribution in [-0.4, -0.2) is 41.9 Å². The van der Waals surface area contributed by atoms with Gasteiger partial charge in [-0.3, -0.25) is 10.1 Å². The number of hydrogen-bond donors (Lipinski definition) is 1. The molecule has 0 spiro atoms. The molecule has 0 aliphatic carbocycles. The first-order chi connectivity index (χ1) is 9.32. The van der Waals surface area contributed by atoms with Crippen LogP contribution < -0.4 is 0 Å². The molecule has 7 nitrogen and oxygen atoms in total. The van der Waals surface area contributed by atoms with Crippen LogP contribution in [0.3, 0.4) is 0 Å². The largest absolute Gasteiger partial charge is 0.392 e. The van der Waals surface area contributed by atoms with E-state index in [0.29, 0.717) is 18.9 Å². The number of benzene rings is 1. The number of nitro benzene ring substituents is 1. The van der Waals surface area contributed by atoms with E-state index in [2.05, 4.69) is 0 Å². The van der Waals surface area contributed by atoms with E-state index in [0.717, 1.165) is 16.4 Å². The fourth-order valence-electron chi connectivity index (χ4n) is 2.13. The summed E-state index contributed by atoms with van der Waals surface area (Å²) < 4.78 is 38.7. The van der Waals surface area contributed by atoms with Gasteiger partial charge < -0.3 is 5.11 Å². The summed E-state index contributed by atoms with van der Waals surface area (Å²) in [6.07, 6.45) is 0.158. The molecule has 1 N–H and O–H groups in total. The number of hydrogen-bond acceptors (Lipinski definition) is 5. The molecule has 1 fully saturated rings. The van der Waals surface area contributed by atoms with Gasteiger partial charge in [-0.25, -0.2) is 12.8 Å². The molecular formula is C11H13FN2O5S. The van der Waals surface area contributed by atoms with Crippen LogP contribution in [0.4, 0.5) is 10.1 Å². The van der Waals surface area contributed by atoms with E-state index in [9.17, 15) is 28.0 Å². The monoisotopic (exact) mass is 304 g/mol. The lowest BCUT2D eigenvalue weighted by molar-refractivity contribution is -0.388. The minimum absolute atomic E-state index is 0.114. The lowest BCUT2D eigenvalue weighted by Crippen LogP contribution is -2.42. The van der Waals surface area contributed by atoms with Gasteiger partial charge in [-0.15, -0.1) is 0 Å². The zero-order valence-electron chi connectivity index (χ0n) is 10.4. The van der Waals surface area contributed by atoms with Gasteiger partial charge in [0.15, 0.2) is 4.90 Å². The minimum Gasteiger partial charge on any atom is -0.392 e. The molecule has 0 amide bonds. The van der Waals surface area contributed by atoms with Gasteiger partial charge in [0.25, 0.3) is 5.69 Å². The summed E-state index contributed by atoms with van der Waals surface area (Å²) in [5.74, 6) is -0.880. The van der Waals surface area contributed by atoms with Crippen LogP contribution in [0.2, 0.25) is 0 Å². The Morgan fingerprint density at radius 3 is 2.75 bits per heavy atom. The quantitative estimate of drug-likeness (QED) is 0.660. The Bertz CT molecular complexity index is 634. The fourth-order valence-corrected chi connectivity index (χ4v) is 3.78. The molecule has 0 saturated carbocycles. The van der Waals surface area contributed by atoms with Crippen molar-refractivity contribution in [2.75, 3.05) is 13.1 Å². The van der Waals surface area contributed by atoms with Gasteiger partial charge in [-0.05, 0) is 25.0 Å². The summed E-state index contributed by atoms with van der Waals surface area (Å²) in [7, 11) is -4.12. The minimum atomic E-state index is -4.12. The van der Waals surface area contributed by atoms with E-state index in [1.165, 1.54) is 0 Å². The first-order valence-electron chi connectivity index (χ1n) is 5.94. The molecule has 1 aromatic rings. The Morgan fingerprint density at radius 1 is 1.45 bits per heavy atom. The van der Waals surface area contributed by atoms with Crippen molar-refractivity contribution in [3.63, 3.8) is 0 Å². The predicted molar refractivity (Wildman–Crippen MR) is 67.1 cm³/mol. The molecule has 110 valence electrons. The Kier molecular flexibility index (Phi) is 4.02. The normalized spacial score (nSPS) is 20.8. The number of piperidine rings is 1. The summed E-state index contributed by atoms with van der Waals surface area (Å²) in [5.41, 5.74) is -0.801. The van der Waals surface area contributed by atoms with Crippen molar-refractivity contribution in [2.45, 2.75) is 23.8 Å². The molecule has 1 aromatic carbocycles. The van der Waals surface area contributed by atoms with Crippen LogP contribution in [0.5, 0.6) is 0 Å². The highest BCUT2D eigenvalue weighted by Gasteiger charge is 2.34. The van der Waals surface area contributed by atoms with Crippen molar-refractivity contribution >= 4 is 15.7 Å². The number of sulfonamides is 1. The molecule has 0 aromatic heterocycles. The van der Waals surface area contributed by atoms with E-state index in [1.54, 1.807) is 0 Å². The van der Waals surface area contributed by atoms with E-state index in [1.807, 2.05) is 0 Å². The highest BCUT2D eigenvalue weighted by atomic mass is 32.2. The Hall–Kier alpha value is -1.58. The van der Waals surface area contributed by atoms with Crippen molar-refractivity contribution in [1.82, 2.24) is 4.31 Å². The van der Waals surface area contributed by atoms with Gasteiger partial charge in [0.2, 0.25) is 10.0 Å². The third kappa shape index (κ3) is 2.79. The summed E-state index contributed by atoms with van der Waals surface area (Å²) in [5, 5.41) is 20.4. The zero-order chi connectivity index (χ0) is 14.9. The van der Waals surface area contributed by atoms with Gasteiger partial charge in [-0.1, -0.05) is 0 Å². The van der Waals surface area contributed by atoms with Gasteiger partial charge in [0, 0.05) is 13.1 Å². The summed E-state index contributed by atoms with van der Waals surface area (Å²) >= 11 is 0. The highest BCUT2D eigenvalue weighted by Crippen LogP contribution is 2.29. The van der Waals surface area contributed by atoms with Crippen molar-refractivity contribution in [3.8, 4) is 0 Å². The van der Waals surface area contributed by atoms with Gasteiger partial charge >= 0.3 is 0 Å². The standard InChI is InChI=1S/C11H13FN2O5S/c12-8-3-4-11(10(6-8)14(16)17)20(18,19)13-5-1-2-9(15)7-13/h3-4,6,9,15H,1-2,5,7H2. The third-order valence-electron chi connectivity index (χ3n) is 3.09. The molecular weight excluding hydrogens is 291 g/mol. The smallest absolute Gasteiger partial charge is 0.292 e. The third-order valence-corrected chi connectivity index (χ3v) is 5.01. The molecule has 20 heavy (non-hydrogen) atoms. The van der Waals surface area contributed by atoms with Crippen LogP contribution in [0.1, 0.15) is 12.8 Å². The molecule has 1 unspecified atom stereocenters. The van der Waals surface area contributed by atoms with Crippen LogP contribution in [0.25, 0.3) is 0 Å². The molecule has 2 rings (SSSR count). The molecule has 1 heterocycles. The van der Waals surface area contributed by atoms with E-state index in [4.69, 9.17) is 0 Å². The average molecular weight is 304 g/mol. The second-order valence-corrected chi connectivity index (χ2v) is 6.43. The molecule has 1 saturated heterocycles. The van der Waals surface area contributed by atoms with Gasteiger partial charge in [0.05, 0.1) is 17.1 Å². The Morgan fingerprint density at radius 2 is 2.15 bits per heavy atom.